The van der Waals surface area contributed by atoms with Gasteiger partial charge in [0, 0.05) is 23.4 Å². The van der Waals surface area contributed by atoms with Crippen LogP contribution in [-0.2, 0) is 10.0 Å². The maximum absolute atomic E-state index is 12.3. The first kappa shape index (κ1) is 14.3. The van der Waals surface area contributed by atoms with Gasteiger partial charge in [-0.2, -0.15) is 0 Å². The number of nitrogens with zero attached hydrogens (tertiary/aromatic N) is 1. The van der Waals surface area contributed by atoms with Crippen LogP contribution in [0.25, 0.3) is 0 Å². The molecule has 0 aliphatic heterocycles. The van der Waals surface area contributed by atoms with Crippen molar-refractivity contribution >= 4 is 37.6 Å². The molecule has 0 bridgehead atoms. The molecular formula is C12H15BrClNO2S. The highest BCUT2D eigenvalue weighted by atomic mass is 79.9. The summed E-state index contributed by atoms with van der Waals surface area (Å²) >= 11 is 9.34. The highest BCUT2D eigenvalue weighted by Gasteiger charge is 2.31. The van der Waals surface area contributed by atoms with Crippen molar-refractivity contribution in [1.82, 2.24) is 4.31 Å². The number of hydrogen-bond donors (Lipinski definition) is 0. The highest BCUT2D eigenvalue weighted by molar-refractivity contribution is 9.09. The van der Waals surface area contributed by atoms with E-state index in [1.807, 2.05) is 0 Å². The molecule has 1 aliphatic rings. The molecule has 0 spiro atoms. The van der Waals surface area contributed by atoms with E-state index in [-0.39, 0.29) is 4.90 Å². The molecule has 6 heteroatoms. The molecule has 1 aliphatic carbocycles. The predicted octanol–water partition coefficient (Wildman–Crippen LogP) is 3.13. The van der Waals surface area contributed by atoms with Crippen molar-refractivity contribution in [2.24, 2.45) is 5.92 Å². The number of halogens is 2. The normalized spacial score (nSPS) is 24.0. The zero-order chi connectivity index (χ0) is 13.3. The first-order valence-corrected chi connectivity index (χ1v) is 8.49. The Bertz CT molecular complexity index is 529. The molecule has 0 atom stereocenters. The zero-order valence-corrected chi connectivity index (χ0v) is 13.2. The van der Waals surface area contributed by atoms with Gasteiger partial charge in [-0.25, -0.2) is 12.7 Å². The minimum Gasteiger partial charge on any atom is -0.207 e. The SMILES string of the molecule is CN(CC1CC(Br)C1)S(=O)(=O)c1cccc(Cl)c1. The quantitative estimate of drug-likeness (QED) is 0.781. The van der Waals surface area contributed by atoms with Crippen LogP contribution >= 0.6 is 27.5 Å². The Kier molecular flexibility index (Phi) is 4.36. The fraction of sp³-hybridized carbons (Fsp3) is 0.500. The monoisotopic (exact) mass is 351 g/mol. The molecule has 3 nitrogen and oxygen atoms in total. The summed E-state index contributed by atoms with van der Waals surface area (Å²) in [6.07, 6.45) is 2.07. The van der Waals surface area contributed by atoms with E-state index in [9.17, 15) is 8.42 Å². The smallest absolute Gasteiger partial charge is 0.207 e. The Morgan fingerprint density at radius 1 is 1.44 bits per heavy atom. The Balaban J connectivity index is 2.10. The van der Waals surface area contributed by atoms with Crippen LogP contribution in [0.2, 0.25) is 5.02 Å². The van der Waals surface area contributed by atoms with Crippen molar-refractivity contribution < 1.29 is 8.42 Å². The summed E-state index contributed by atoms with van der Waals surface area (Å²) in [5.74, 6) is 0.452. The second-order valence-corrected chi connectivity index (χ2v) is 8.45. The van der Waals surface area contributed by atoms with Crippen molar-refractivity contribution in [2.75, 3.05) is 13.6 Å². The molecule has 100 valence electrons. The molecule has 1 saturated carbocycles. The molecular weight excluding hydrogens is 338 g/mol. The lowest BCUT2D eigenvalue weighted by Crippen LogP contribution is -2.37. The third-order valence-electron chi connectivity index (χ3n) is 3.20. The number of rotatable bonds is 4. The molecule has 0 heterocycles. The van der Waals surface area contributed by atoms with Gasteiger partial charge in [0.15, 0.2) is 0 Å². The summed E-state index contributed by atoms with van der Waals surface area (Å²) in [5, 5.41) is 0.439. The molecule has 2 rings (SSSR count). The van der Waals surface area contributed by atoms with Gasteiger partial charge < -0.3 is 0 Å². The first-order valence-electron chi connectivity index (χ1n) is 5.75. The van der Waals surface area contributed by atoms with Gasteiger partial charge in [-0.3, -0.25) is 0 Å². The first-order chi connectivity index (χ1) is 8.39. The van der Waals surface area contributed by atoms with E-state index in [0.29, 0.717) is 22.3 Å². The van der Waals surface area contributed by atoms with E-state index in [1.165, 1.54) is 10.4 Å². The maximum atomic E-state index is 12.3. The predicted molar refractivity (Wildman–Crippen MR) is 76.7 cm³/mol. The van der Waals surface area contributed by atoms with Crippen LogP contribution in [0.3, 0.4) is 0 Å². The highest BCUT2D eigenvalue weighted by Crippen LogP contribution is 2.34. The van der Waals surface area contributed by atoms with Gasteiger partial charge in [0.1, 0.15) is 0 Å². The molecule has 1 aromatic rings. The fourth-order valence-electron chi connectivity index (χ4n) is 2.07. The maximum Gasteiger partial charge on any atom is 0.242 e. The Morgan fingerprint density at radius 3 is 2.67 bits per heavy atom. The summed E-state index contributed by atoms with van der Waals surface area (Å²) in [6, 6.07) is 6.39. The molecule has 0 amide bonds. The topological polar surface area (TPSA) is 37.4 Å². The van der Waals surface area contributed by atoms with Crippen LogP contribution in [0.15, 0.2) is 29.2 Å². The van der Waals surface area contributed by atoms with E-state index in [4.69, 9.17) is 11.6 Å². The van der Waals surface area contributed by atoms with E-state index in [1.54, 1.807) is 25.2 Å². The van der Waals surface area contributed by atoms with Crippen molar-refractivity contribution in [1.29, 1.82) is 0 Å². The number of benzene rings is 1. The third kappa shape index (κ3) is 3.07. The van der Waals surface area contributed by atoms with Gasteiger partial charge in [-0.15, -0.1) is 0 Å². The summed E-state index contributed by atoms with van der Waals surface area (Å²) in [6.45, 7) is 0.566. The molecule has 18 heavy (non-hydrogen) atoms. The summed E-state index contributed by atoms with van der Waals surface area (Å²) in [5.41, 5.74) is 0. The van der Waals surface area contributed by atoms with Gasteiger partial charge in [0.25, 0.3) is 0 Å². The van der Waals surface area contributed by atoms with Gasteiger partial charge in [-0.1, -0.05) is 33.6 Å². The average Bonchev–Trinajstić information content (AvgIpc) is 2.26. The van der Waals surface area contributed by atoms with Crippen LogP contribution < -0.4 is 0 Å². The van der Waals surface area contributed by atoms with Gasteiger partial charge >= 0.3 is 0 Å². The lowest BCUT2D eigenvalue weighted by Gasteiger charge is -2.34. The summed E-state index contributed by atoms with van der Waals surface area (Å²) < 4.78 is 26.0. The van der Waals surface area contributed by atoms with E-state index >= 15 is 0 Å². The number of alkyl halides is 1. The third-order valence-corrected chi connectivity index (χ3v) is 6.00. The zero-order valence-electron chi connectivity index (χ0n) is 10.0. The Labute approximate surface area is 121 Å². The van der Waals surface area contributed by atoms with Crippen LogP contribution in [0.5, 0.6) is 0 Å². The van der Waals surface area contributed by atoms with Crippen molar-refractivity contribution in [2.45, 2.75) is 22.6 Å². The van der Waals surface area contributed by atoms with E-state index in [0.717, 1.165) is 12.8 Å². The molecule has 0 N–H and O–H groups in total. The van der Waals surface area contributed by atoms with Crippen LogP contribution in [0, 0.1) is 5.92 Å². The van der Waals surface area contributed by atoms with Gasteiger partial charge in [0.2, 0.25) is 10.0 Å². The van der Waals surface area contributed by atoms with Crippen molar-refractivity contribution in [3.63, 3.8) is 0 Å². The second kappa shape index (κ2) is 5.49. The van der Waals surface area contributed by atoms with Crippen molar-refractivity contribution in [3.8, 4) is 0 Å². The fourth-order valence-corrected chi connectivity index (χ4v) is 4.68. The van der Waals surface area contributed by atoms with Crippen LogP contribution in [0.1, 0.15) is 12.8 Å². The van der Waals surface area contributed by atoms with Crippen LogP contribution in [-0.4, -0.2) is 31.1 Å². The Hall–Kier alpha value is -0.100. The minimum absolute atomic E-state index is 0.257. The molecule has 0 radical (unpaired) electrons. The van der Waals surface area contributed by atoms with Crippen molar-refractivity contribution in [3.05, 3.63) is 29.3 Å². The summed E-state index contributed by atoms with van der Waals surface area (Å²) in [7, 11) is -1.79. The standard InChI is InChI=1S/C12H15BrClNO2S/c1-15(8-9-5-10(13)6-9)18(16,17)12-4-2-3-11(14)7-12/h2-4,7,9-10H,5-6,8H2,1H3. The molecule has 0 aromatic heterocycles. The second-order valence-electron chi connectivity index (χ2n) is 4.68. The minimum atomic E-state index is -3.42. The Morgan fingerprint density at radius 2 is 2.11 bits per heavy atom. The van der Waals surface area contributed by atoms with Gasteiger partial charge in [0.05, 0.1) is 4.90 Å². The number of hydrogen-bond acceptors (Lipinski definition) is 2. The average molecular weight is 353 g/mol. The molecule has 0 saturated heterocycles. The van der Waals surface area contributed by atoms with E-state index in [2.05, 4.69) is 15.9 Å². The molecule has 1 fully saturated rings. The molecule has 1 aromatic carbocycles. The summed E-state index contributed by atoms with van der Waals surface area (Å²) in [4.78, 5) is 0.803. The lowest BCUT2D eigenvalue weighted by atomic mass is 9.85. The number of sulfonamides is 1. The van der Waals surface area contributed by atoms with Gasteiger partial charge in [-0.05, 0) is 37.0 Å². The van der Waals surface area contributed by atoms with Crippen LogP contribution in [0.4, 0.5) is 0 Å². The largest absolute Gasteiger partial charge is 0.242 e. The van der Waals surface area contributed by atoms with E-state index < -0.39 is 10.0 Å². The molecule has 0 unspecified atom stereocenters. The lowest BCUT2D eigenvalue weighted by molar-refractivity contribution is 0.275.